The number of hydrogen-bond donors (Lipinski definition) is 3. The molecule has 3 rings (SSSR count). The fraction of sp³-hybridized carbons (Fsp3) is 0.250. The van der Waals surface area contributed by atoms with Crippen LogP contribution in [0, 0.1) is 0 Å². The number of carbonyl (C=O) groups excluding carboxylic acids is 1. The molecule has 0 aromatic carbocycles. The van der Waals surface area contributed by atoms with Gasteiger partial charge in [0.2, 0.25) is 0 Å². The molecule has 0 radical (unpaired) electrons. The lowest BCUT2D eigenvalue weighted by atomic mass is 10.3. The Kier molecular flexibility index (Phi) is 7.32. The number of carboxylic acids is 1. The molecular formula is C16H16F3N5O3S. The Hall–Kier alpha value is -3.15. The van der Waals surface area contributed by atoms with E-state index in [4.69, 9.17) is 9.90 Å². The van der Waals surface area contributed by atoms with Gasteiger partial charge in [-0.2, -0.15) is 18.3 Å². The Morgan fingerprint density at radius 3 is 2.68 bits per heavy atom. The van der Waals surface area contributed by atoms with Crippen molar-refractivity contribution < 1.29 is 27.9 Å². The fourth-order valence-electron chi connectivity index (χ4n) is 1.97. The number of imidazole rings is 1. The Morgan fingerprint density at radius 2 is 2.11 bits per heavy atom. The van der Waals surface area contributed by atoms with Gasteiger partial charge in [0.25, 0.3) is 5.91 Å². The van der Waals surface area contributed by atoms with Gasteiger partial charge in [0.15, 0.2) is 5.69 Å². The fourth-order valence-corrected chi connectivity index (χ4v) is 2.66. The minimum atomic E-state index is -5.08. The number of nitrogens with zero attached hydrogens (tertiary/aromatic N) is 3. The highest BCUT2D eigenvalue weighted by Crippen LogP contribution is 2.22. The first-order chi connectivity index (χ1) is 13.3. The van der Waals surface area contributed by atoms with E-state index >= 15 is 0 Å². The molecule has 3 aromatic heterocycles. The van der Waals surface area contributed by atoms with Crippen molar-refractivity contribution >= 4 is 23.2 Å². The smallest absolute Gasteiger partial charge is 0.475 e. The van der Waals surface area contributed by atoms with Gasteiger partial charge in [0.1, 0.15) is 0 Å². The first-order valence-electron chi connectivity index (χ1n) is 7.90. The van der Waals surface area contributed by atoms with Crippen LogP contribution in [0.15, 0.2) is 42.3 Å². The van der Waals surface area contributed by atoms with Crippen LogP contribution in [0.3, 0.4) is 0 Å². The minimum Gasteiger partial charge on any atom is -0.475 e. The molecule has 3 N–H and O–H groups in total. The number of thiophene rings is 1. The zero-order valence-corrected chi connectivity index (χ0v) is 15.1. The predicted molar refractivity (Wildman–Crippen MR) is 94.8 cm³/mol. The second-order valence-corrected chi connectivity index (χ2v) is 6.30. The normalized spacial score (nSPS) is 10.8. The highest BCUT2D eigenvalue weighted by molar-refractivity contribution is 7.13. The number of rotatable bonds is 6. The number of H-pyrrole nitrogens is 1. The van der Waals surface area contributed by atoms with Crippen molar-refractivity contribution in [1.29, 1.82) is 0 Å². The molecule has 0 atom stereocenters. The lowest BCUT2D eigenvalue weighted by Gasteiger charge is -2.03. The van der Waals surface area contributed by atoms with Gasteiger partial charge in [-0.1, -0.05) is 6.07 Å². The molecule has 8 nitrogen and oxygen atoms in total. The summed E-state index contributed by atoms with van der Waals surface area (Å²) in [7, 11) is 0. The van der Waals surface area contributed by atoms with Crippen molar-refractivity contribution in [3.05, 3.63) is 48.0 Å². The van der Waals surface area contributed by atoms with Crippen LogP contribution in [0.5, 0.6) is 0 Å². The summed E-state index contributed by atoms with van der Waals surface area (Å²) in [4.78, 5) is 25.9. The van der Waals surface area contributed by atoms with Crippen LogP contribution in [-0.4, -0.2) is 49.5 Å². The van der Waals surface area contributed by atoms with Crippen molar-refractivity contribution in [2.24, 2.45) is 0 Å². The van der Waals surface area contributed by atoms with Gasteiger partial charge in [0, 0.05) is 25.5 Å². The Bertz CT molecular complexity index is 876. The van der Waals surface area contributed by atoms with E-state index in [1.807, 2.05) is 28.3 Å². The molecule has 0 fully saturated rings. The van der Waals surface area contributed by atoms with Crippen molar-refractivity contribution in [2.75, 3.05) is 6.54 Å². The number of alkyl halides is 3. The molecule has 0 aliphatic heterocycles. The number of aryl methyl sites for hydroxylation is 1. The number of aromatic amines is 1. The Labute approximate surface area is 161 Å². The van der Waals surface area contributed by atoms with Crippen LogP contribution < -0.4 is 5.32 Å². The van der Waals surface area contributed by atoms with Crippen LogP contribution >= 0.6 is 11.3 Å². The van der Waals surface area contributed by atoms with Crippen LogP contribution in [0.2, 0.25) is 0 Å². The molecule has 3 heterocycles. The highest BCUT2D eigenvalue weighted by Gasteiger charge is 2.38. The number of hydrogen-bond acceptors (Lipinski definition) is 5. The van der Waals surface area contributed by atoms with Crippen LogP contribution in [0.25, 0.3) is 10.6 Å². The summed E-state index contributed by atoms with van der Waals surface area (Å²) in [5.74, 6) is -2.91. The first kappa shape index (κ1) is 21.2. The van der Waals surface area contributed by atoms with Crippen LogP contribution in [0.4, 0.5) is 13.2 Å². The molecule has 0 aliphatic carbocycles. The Morgan fingerprint density at radius 1 is 1.36 bits per heavy atom. The molecule has 3 aromatic rings. The summed E-state index contributed by atoms with van der Waals surface area (Å²) in [5.41, 5.74) is 1.29. The number of aromatic nitrogens is 4. The summed E-state index contributed by atoms with van der Waals surface area (Å²) < 4.78 is 33.7. The number of carbonyl (C=O) groups is 2. The van der Waals surface area contributed by atoms with Gasteiger partial charge in [0.05, 0.1) is 16.9 Å². The van der Waals surface area contributed by atoms with E-state index < -0.39 is 12.1 Å². The monoisotopic (exact) mass is 415 g/mol. The number of aliphatic carboxylic acids is 1. The zero-order valence-electron chi connectivity index (χ0n) is 14.3. The maximum Gasteiger partial charge on any atom is 0.490 e. The van der Waals surface area contributed by atoms with E-state index in [0.717, 1.165) is 23.5 Å². The first-order valence-corrected chi connectivity index (χ1v) is 8.78. The van der Waals surface area contributed by atoms with E-state index in [-0.39, 0.29) is 5.91 Å². The van der Waals surface area contributed by atoms with Gasteiger partial charge in [-0.3, -0.25) is 9.89 Å². The molecule has 1 amide bonds. The largest absolute Gasteiger partial charge is 0.490 e. The third kappa shape index (κ3) is 6.54. The standard InChI is InChI=1S/C14H15N5OS.C2HF3O2/c20-14(16-4-2-6-19-7-5-15-10-19)12-9-11(17-18-12)13-3-1-8-21-13;3-2(4,5)1(6)7/h1,3,5,7-10H,2,4,6H2,(H,16,20)(H,17,18);(H,6,7). The Balaban J connectivity index is 0.000000345. The number of halogens is 3. The lowest BCUT2D eigenvalue weighted by Crippen LogP contribution is -2.25. The summed E-state index contributed by atoms with van der Waals surface area (Å²) in [5, 5.41) is 18.9. The SMILES string of the molecule is O=C(NCCCn1ccnc1)c1cc(-c2cccs2)[nH]n1.O=C(O)C(F)(F)F. The predicted octanol–water partition coefficient (Wildman–Crippen LogP) is 2.79. The molecule has 0 aliphatic rings. The molecule has 0 spiro atoms. The quantitative estimate of drug-likeness (QED) is 0.536. The van der Waals surface area contributed by atoms with Crippen LogP contribution in [0.1, 0.15) is 16.9 Å². The zero-order chi connectivity index (χ0) is 20.6. The highest BCUT2D eigenvalue weighted by atomic mass is 32.1. The van der Waals surface area contributed by atoms with E-state index in [1.165, 1.54) is 0 Å². The molecule has 0 saturated carbocycles. The third-order valence-corrected chi connectivity index (χ3v) is 4.18. The molecule has 0 bridgehead atoms. The second kappa shape index (κ2) is 9.69. The average Bonchev–Trinajstić information content (AvgIpc) is 3.40. The molecule has 150 valence electrons. The minimum absolute atomic E-state index is 0.153. The molecular weight excluding hydrogens is 399 g/mol. The van der Waals surface area contributed by atoms with Crippen LogP contribution in [-0.2, 0) is 11.3 Å². The van der Waals surface area contributed by atoms with E-state index in [9.17, 15) is 18.0 Å². The summed E-state index contributed by atoms with van der Waals surface area (Å²) >= 11 is 1.61. The second-order valence-electron chi connectivity index (χ2n) is 5.36. The topological polar surface area (TPSA) is 113 Å². The third-order valence-electron chi connectivity index (χ3n) is 3.28. The number of carboxylic acid groups (broad SMARTS) is 1. The summed E-state index contributed by atoms with van der Waals surface area (Å²) in [6.45, 7) is 1.44. The van der Waals surface area contributed by atoms with Crippen molar-refractivity contribution in [2.45, 2.75) is 19.1 Å². The van der Waals surface area contributed by atoms with Crippen molar-refractivity contribution in [1.82, 2.24) is 25.1 Å². The van der Waals surface area contributed by atoms with Gasteiger partial charge in [-0.05, 0) is 23.9 Å². The lowest BCUT2D eigenvalue weighted by molar-refractivity contribution is -0.192. The summed E-state index contributed by atoms with van der Waals surface area (Å²) in [6, 6.07) is 5.73. The maximum absolute atomic E-state index is 12.0. The maximum atomic E-state index is 12.0. The van der Waals surface area contributed by atoms with Gasteiger partial charge < -0.3 is 15.0 Å². The number of amides is 1. The average molecular weight is 415 g/mol. The van der Waals surface area contributed by atoms with Crippen molar-refractivity contribution in [3.8, 4) is 10.6 Å². The van der Waals surface area contributed by atoms with Crippen molar-refractivity contribution in [3.63, 3.8) is 0 Å². The van der Waals surface area contributed by atoms with Gasteiger partial charge in [-0.15, -0.1) is 11.3 Å². The van der Waals surface area contributed by atoms with E-state index in [2.05, 4.69) is 20.5 Å². The number of nitrogens with one attached hydrogen (secondary N) is 2. The molecule has 0 unspecified atom stereocenters. The van der Waals surface area contributed by atoms with Gasteiger partial charge in [-0.25, -0.2) is 9.78 Å². The van der Waals surface area contributed by atoms with E-state index in [1.54, 1.807) is 29.9 Å². The molecule has 0 saturated heterocycles. The molecule has 28 heavy (non-hydrogen) atoms. The van der Waals surface area contributed by atoms with E-state index in [0.29, 0.717) is 12.2 Å². The van der Waals surface area contributed by atoms with Gasteiger partial charge >= 0.3 is 12.1 Å². The molecule has 12 heteroatoms. The summed E-state index contributed by atoms with van der Waals surface area (Å²) in [6.07, 6.45) is 1.18.